The van der Waals surface area contributed by atoms with E-state index in [2.05, 4.69) is 5.32 Å². The van der Waals surface area contributed by atoms with Crippen molar-refractivity contribution in [1.29, 1.82) is 0 Å². The molecule has 0 aliphatic carbocycles. The number of amides is 1. The molecule has 0 aromatic heterocycles. The fourth-order valence-corrected chi connectivity index (χ4v) is 1.94. The topological polar surface area (TPSA) is 75.6 Å². The van der Waals surface area contributed by atoms with E-state index in [0.717, 1.165) is 5.56 Å². The van der Waals surface area contributed by atoms with Crippen molar-refractivity contribution in [3.8, 4) is 5.75 Å². The minimum Gasteiger partial charge on any atom is -0.481 e. The number of benzene rings is 1. The summed E-state index contributed by atoms with van der Waals surface area (Å²) in [6.45, 7) is 5.03. The van der Waals surface area contributed by atoms with Crippen molar-refractivity contribution in [3.63, 3.8) is 0 Å². The highest BCUT2D eigenvalue weighted by atomic mass is 16.5. The van der Waals surface area contributed by atoms with E-state index in [-0.39, 0.29) is 5.91 Å². The molecular weight excluding hydrogens is 246 g/mol. The lowest BCUT2D eigenvalue weighted by Crippen LogP contribution is -2.34. The van der Waals surface area contributed by atoms with Crippen LogP contribution in [-0.2, 0) is 16.0 Å². The second kappa shape index (κ2) is 4.57. The largest absolute Gasteiger partial charge is 0.481 e. The van der Waals surface area contributed by atoms with Crippen LogP contribution in [0.1, 0.15) is 26.3 Å². The summed E-state index contributed by atoms with van der Waals surface area (Å²) in [6, 6.07) is 5.34. The lowest BCUT2D eigenvalue weighted by atomic mass is 9.86. The Kier molecular flexibility index (Phi) is 3.22. The lowest BCUT2D eigenvalue weighted by Gasteiger charge is -2.25. The Morgan fingerprint density at radius 2 is 2.16 bits per heavy atom. The molecule has 2 rings (SSSR count). The van der Waals surface area contributed by atoms with Gasteiger partial charge in [-0.05, 0) is 44.9 Å². The Morgan fingerprint density at radius 3 is 2.79 bits per heavy atom. The summed E-state index contributed by atoms with van der Waals surface area (Å²) in [7, 11) is 0. The Hall–Kier alpha value is -2.04. The van der Waals surface area contributed by atoms with Crippen molar-refractivity contribution in [2.45, 2.75) is 33.3 Å². The van der Waals surface area contributed by atoms with E-state index in [9.17, 15) is 9.59 Å². The van der Waals surface area contributed by atoms with Crippen LogP contribution in [-0.4, -0.2) is 23.1 Å². The molecule has 1 amide bonds. The molecule has 0 fully saturated rings. The van der Waals surface area contributed by atoms with Gasteiger partial charge in [-0.2, -0.15) is 0 Å². The molecular formula is C14H17NO4. The smallest absolute Gasteiger partial charge is 0.309 e. The Labute approximate surface area is 111 Å². The molecule has 1 heterocycles. The molecule has 5 nitrogen and oxygen atoms in total. The highest BCUT2D eigenvalue weighted by molar-refractivity contribution is 5.97. The first-order chi connectivity index (χ1) is 8.79. The van der Waals surface area contributed by atoms with Gasteiger partial charge < -0.3 is 15.2 Å². The quantitative estimate of drug-likeness (QED) is 0.875. The van der Waals surface area contributed by atoms with Crippen LogP contribution in [0.2, 0.25) is 0 Å². The van der Waals surface area contributed by atoms with Crippen LogP contribution in [0.4, 0.5) is 5.69 Å². The molecule has 1 aliphatic heterocycles. The van der Waals surface area contributed by atoms with Gasteiger partial charge in [-0.15, -0.1) is 0 Å². The number of anilines is 1. The molecule has 1 aromatic rings. The zero-order chi connectivity index (χ0) is 14.2. The summed E-state index contributed by atoms with van der Waals surface area (Å²) < 4.78 is 5.50. The number of carbonyl (C=O) groups is 2. The summed E-state index contributed by atoms with van der Waals surface area (Å²) in [5.41, 5.74) is 0.659. The minimum absolute atomic E-state index is 0.175. The zero-order valence-electron chi connectivity index (χ0n) is 11.2. The second-order valence-corrected chi connectivity index (χ2v) is 5.45. The van der Waals surface area contributed by atoms with E-state index >= 15 is 0 Å². The zero-order valence-corrected chi connectivity index (χ0v) is 11.2. The van der Waals surface area contributed by atoms with Gasteiger partial charge >= 0.3 is 5.97 Å². The number of hydrogen-bond acceptors (Lipinski definition) is 3. The summed E-state index contributed by atoms with van der Waals surface area (Å²) in [5.74, 6) is -0.426. The first kappa shape index (κ1) is 13.4. The van der Waals surface area contributed by atoms with E-state index in [0.29, 0.717) is 17.9 Å². The number of carboxylic acids is 1. The highest BCUT2D eigenvalue weighted by Gasteiger charge is 2.29. The van der Waals surface area contributed by atoms with Gasteiger partial charge in [-0.3, -0.25) is 9.59 Å². The number of rotatable bonds is 3. The average molecular weight is 263 g/mol. The van der Waals surface area contributed by atoms with Crippen LogP contribution < -0.4 is 10.1 Å². The number of carboxylic acid groups (broad SMARTS) is 1. The maximum absolute atomic E-state index is 11.4. The summed E-state index contributed by atoms with van der Waals surface area (Å²) in [5, 5.41) is 11.9. The fourth-order valence-electron chi connectivity index (χ4n) is 1.94. The summed E-state index contributed by atoms with van der Waals surface area (Å²) in [4.78, 5) is 22.6. The van der Waals surface area contributed by atoms with Crippen LogP contribution >= 0.6 is 0 Å². The monoisotopic (exact) mass is 263 g/mol. The maximum Gasteiger partial charge on any atom is 0.309 e. The normalized spacial score (nSPS) is 18.3. The Balaban J connectivity index is 2.25. The number of nitrogens with one attached hydrogen (secondary N) is 1. The van der Waals surface area contributed by atoms with E-state index in [1.165, 1.54) is 0 Å². The molecule has 0 radical (unpaired) electrons. The third-order valence-corrected chi connectivity index (χ3v) is 3.20. The first-order valence-electron chi connectivity index (χ1n) is 6.13. The van der Waals surface area contributed by atoms with Gasteiger partial charge in [0.05, 0.1) is 11.1 Å². The van der Waals surface area contributed by atoms with Gasteiger partial charge in [0.2, 0.25) is 0 Å². The van der Waals surface area contributed by atoms with Crippen LogP contribution in [0.25, 0.3) is 0 Å². The first-order valence-corrected chi connectivity index (χ1v) is 6.13. The second-order valence-electron chi connectivity index (χ2n) is 5.45. The number of aliphatic carboxylic acids is 1. The average Bonchev–Trinajstić information content (AvgIpc) is 2.30. The van der Waals surface area contributed by atoms with Gasteiger partial charge in [0.15, 0.2) is 6.10 Å². The predicted octanol–water partition coefficient (Wildman–Crippen LogP) is 2.06. The van der Waals surface area contributed by atoms with E-state index in [1.54, 1.807) is 32.9 Å². The summed E-state index contributed by atoms with van der Waals surface area (Å²) in [6.07, 6.45) is -0.128. The van der Waals surface area contributed by atoms with Crippen LogP contribution in [0.5, 0.6) is 5.75 Å². The van der Waals surface area contributed by atoms with Crippen molar-refractivity contribution in [3.05, 3.63) is 23.8 Å². The molecule has 0 spiro atoms. The van der Waals surface area contributed by atoms with Crippen LogP contribution in [0.15, 0.2) is 18.2 Å². The molecule has 0 saturated heterocycles. The van der Waals surface area contributed by atoms with E-state index in [4.69, 9.17) is 9.84 Å². The van der Waals surface area contributed by atoms with E-state index < -0.39 is 17.5 Å². The molecule has 1 unspecified atom stereocenters. The Bertz CT molecular complexity index is 536. The molecule has 0 saturated carbocycles. The number of fused-ring (bicyclic) bond motifs is 1. The van der Waals surface area contributed by atoms with Crippen LogP contribution in [0, 0.1) is 5.41 Å². The molecule has 19 heavy (non-hydrogen) atoms. The molecule has 1 atom stereocenters. The standard InChI is InChI=1S/C14H17NO4/c1-8-12(16)15-10-5-4-9(6-11(10)19-8)7-14(2,3)13(17)18/h4-6,8H,7H2,1-3H3,(H,15,16)(H,17,18). The van der Waals surface area contributed by atoms with Crippen molar-refractivity contribution >= 4 is 17.6 Å². The van der Waals surface area contributed by atoms with Gasteiger partial charge in [-0.25, -0.2) is 0 Å². The van der Waals surface area contributed by atoms with Crippen molar-refractivity contribution in [1.82, 2.24) is 0 Å². The van der Waals surface area contributed by atoms with Gasteiger partial charge in [0, 0.05) is 0 Å². The number of hydrogen-bond donors (Lipinski definition) is 2. The molecule has 2 N–H and O–H groups in total. The van der Waals surface area contributed by atoms with Crippen molar-refractivity contribution in [2.24, 2.45) is 5.41 Å². The third-order valence-electron chi connectivity index (χ3n) is 3.20. The predicted molar refractivity (Wildman–Crippen MR) is 70.3 cm³/mol. The highest BCUT2D eigenvalue weighted by Crippen LogP contribution is 2.32. The SMILES string of the molecule is CC1Oc2cc(CC(C)(C)C(=O)O)ccc2NC1=O. The fraction of sp³-hybridized carbons (Fsp3) is 0.429. The van der Waals surface area contributed by atoms with Crippen molar-refractivity contribution < 1.29 is 19.4 Å². The number of carbonyl (C=O) groups excluding carboxylic acids is 1. The van der Waals surface area contributed by atoms with Crippen LogP contribution in [0.3, 0.4) is 0 Å². The van der Waals surface area contributed by atoms with Crippen molar-refractivity contribution in [2.75, 3.05) is 5.32 Å². The molecule has 5 heteroatoms. The van der Waals surface area contributed by atoms with E-state index in [1.807, 2.05) is 6.07 Å². The van der Waals surface area contributed by atoms with Gasteiger partial charge in [0.25, 0.3) is 5.91 Å². The molecule has 102 valence electrons. The Morgan fingerprint density at radius 1 is 1.47 bits per heavy atom. The molecule has 1 aliphatic rings. The maximum atomic E-state index is 11.4. The minimum atomic E-state index is -0.840. The van der Waals surface area contributed by atoms with Gasteiger partial charge in [-0.1, -0.05) is 6.07 Å². The van der Waals surface area contributed by atoms with Gasteiger partial charge in [0.1, 0.15) is 5.75 Å². The number of ether oxygens (including phenoxy) is 1. The lowest BCUT2D eigenvalue weighted by molar-refractivity contribution is -0.146. The third kappa shape index (κ3) is 2.70. The molecule has 0 bridgehead atoms. The summed E-state index contributed by atoms with van der Waals surface area (Å²) >= 11 is 0. The molecule has 1 aromatic carbocycles.